The highest BCUT2D eigenvalue weighted by Gasteiger charge is 2.15. The Morgan fingerprint density at radius 2 is 1.78 bits per heavy atom. The number of nitrogens with one attached hydrogen (secondary N) is 2. The number of nitrogens with zero attached hydrogens (tertiary/aromatic N) is 1. The molecule has 23 heavy (non-hydrogen) atoms. The molecule has 0 fully saturated rings. The Bertz CT molecular complexity index is 341. The summed E-state index contributed by atoms with van der Waals surface area (Å²) in [5.41, 5.74) is -0.375. The van der Waals surface area contributed by atoms with Crippen molar-refractivity contribution in [3.63, 3.8) is 0 Å². The monoisotopic (exact) mass is 441 g/mol. The molecule has 0 aliphatic heterocycles. The van der Waals surface area contributed by atoms with Crippen LogP contribution in [0.2, 0.25) is 0 Å². The van der Waals surface area contributed by atoms with Crippen LogP contribution in [0.5, 0.6) is 0 Å². The molecule has 0 radical (unpaired) electrons. The second-order valence-electron chi connectivity index (χ2n) is 6.70. The predicted molar refractivity (Wildman–Crippen MR) is 109 cm³/mol. The van der Waals surface area contributed by atoms with Gasteiger partial charge in [-0.05, 0) is 47.0 Å². The lowest BCUT2D eigenvalue weighted by atomic mass is 10.1. The Morgan fingerprint density at radius 1 is 1.17 bits per heavy atom. The Balaban J connectivity index is 0. The second kappa shape index (κ2) is 13.9. The van der Waals surface area contributed by atoms with Crippen LogP contribution in [-0.4, -0.2) is 37.2 Å². The van der Waals surface area contributed by atoms with Crippen LogP contribution in [0.3, 0.4) is 0 Å². The highest BCUT2D eigenvalue weighted by atomic mass is 127. The third-order valence-corrected chi connectivity index (χ3v) is 3.24. The molecule has 0 aliphatic rings. The molecule has 0 aromatic heterocycles. The molecule has 0 rings (SSSR count). The predicted octanol–water partition coefficient (Wildman–Crippen LogP) is 3.86. The number of carbonyl (C=O) groups excluding carboxylic acids is 1. The summed E-state index contributed by atoms with van der Waals surface area (Å²) in [5.74, 6) is 0.770. The fourth-order valence-electron chi connectivity index (χ4n) is 1.88. The average Bonchev–Trinajstić information content (AvgIpc) is 2.42. The van der Waals surface area contributed by atoms with E-state index in [1.54, 1.807) is 7.05 Å². The number of guanidine groups is 1. The molecule has 138 valence electrons. The normalized spacial score (nSPS) is 13.0. The molecule has 0 aromatic carbocycles. The van der Waals surface area contributed by atoms with Crippen LogP contribution >= 0.6 is 24.0 Å². The minimum atomic E-state index is -0.375. The Hall–Kier alpha value is -0.530. The van der Waals surface area contributed by atoms with Gasteiger partial charge in [-0.3, -0.25) is 9.79 Å². The summed E-state index contributed by atoms with van der Waals surface area (Å²) in [4.78, 5) is 15.7. The third kappa shape index (κ3) is 16.1. The van der Waals surface area contributed by atoms with Crippen molar-refractivity contribution in [1.82, 2.24) is 10.6 Å². The van der Waals surface area contributed by atoms with Crippen LogP contribution in [0.1, 0.15) is 73.1 Å². The molecule has 0 aromatic rings. The van der Waals surface area contributed by atoms with Crippen LogP contribution in [0, 0.1) is 0 Å². The van der Waals surface area contributed by atoms with Gasteiger partial charge in [-0.1, -0.05) is 19.8 Å². The van der Waals surface area contributed by atoms with E-state index < -0.39 is 0 Å². The molecule has 1 unspecified atom stereocenters. The van der Waals surface area contributed by atoms with Crippen molar-refractivity contribution in [3.8, 4) is 0 Å². The van der Waals surface area contributed by atoms with E-state index in [0.717, 1.165) is 44.6 Å². The number of unbranched alkanes of at least 4 members (excludes halogenated alkanes) is 3. The Morgan fingerprint density at radius 3 is 2.30 bits per heavy atom. The van der Waals surface area contributed by atoms with E-state index in [0.29, 0.717) is 12.5 Å². The van der Waals surface area contributed by atoms with E-state index in [9.17, 15) is 4.79 Å². The van der Waals surface area contributed by atoms with Crippen molar-refractivity contribution in [2.75, 3.05) is 13.6 Å². The van der Waals surface area contributed by atoms with Crippen molar-refractivity contribution in [1.29, 1.82) is 0 Å². The summed E-state index contributed by atoms with van der Waals surface area (Å²) >= 11 is 0. The lowest BCUT2D eigenvalue weighted by Crippen LogP contribution is -2.42. The van der Waals surface area contributed by atoms with Gasteiger partial charge >= 0.3 is 5.97 Å². The van der Waals surface area contributed by atoms with Gasteiger partial charge in [0.25, 0.3) is 0 Å². The van der Waals surface area contributed by atoms with Crippen molar-refractivity contribution in [2.45, 2.75) is 84.8 Å². The van der Waals surface area contributed by atoms with Gasteiger partial charge in [0.05, 0.1) is 0 Å². The van der Waals surface area contributed by atoms with Crippen molar-refractivity contribution in [3.05, 3.63) is 0 Å². The molecule has 0 amide bonds. The van der Waals surface area contributed by atoms with E-state index in [2.05, 4.69) is 29.5 Å². The van der Waals surface area contributed by atoms with Gasteiger partial charge in [0.1, 0.15) is 5.60 Å². The van der Waals surface area contributed by atoms with Crippen LogP contribution < -0.4 is 10.6 Å². The van der Waals surface area contributed by atoms with E-state index in [1.807, 2.05) is 20.8 Å². The minimum absolute atomic E-state index is 0. The topological polar surface area (TPSA) is 62.7 Å². The molecule has 1 atom stereocenters. The highest BCUT2D eigenvalue weighted by molar-refractivity contribution is 14.0. The smallest absolute Gasteiger partial charge is 0.306 e. The zero-order chi connectivity index (χ0) is 17.0. The molecular formula is C17H36IN3O2. The first-order chi connectivity index (χ1) is 10.3. The van der Waals surface area contributed by atoms with Gasteiger partial charge in [-0.25, -0.2) is 0 Å². The Kier molecular flexibility index (Phi) is 14.9. The molecule has 2 N–H and O–H groups in total. The van der Waals surface area contributed by atoms with E-state index in [-0.39, 0.29) is 35.5 Å². The molecular weight excluding hydrogens is 405 g/mol. The van der Waals surface area contributed by atoms with Gasteiger partial charge in [-0.2, -0.15) is 0 Å². The number of hydrogen-bond donors (Lipinski definition) is 2. The molecule has 0 saturated carbocycles. The summed E-state index contributed by atoms with van der Waals surface area (Å²) in [6.45, 7) is 10.9. The molecule has 6 heteroatoms. The number of halogens is 1. The lowest BCUT2D eigenvalue weighted by molar-refractivity contribution is -0.154. The Labute approximate surface area is 159 Å². The summed E-state index contributed by atoms with van der Waals surface area (Å²) in [5, 5.41) is 6.65. The van der Waals surface area contributed by atoms with E-state index in [4.69, 9.17) is 4.74 Å². The van der Waals surface area contributed by atoms with Crippen molar-refractivity contribution >= 4 is 35.9 Å². The number of hydrogen-bond acceptors (Lipinski definition) is 3. The molecule has 5 nitrogen and oxygen atoms in total. The second-order valence-corrected chi connectivity index (χ2v) is 6.70. The maximum absolute atomic E-state index is 11.5. The summed E-state index contributed by atoms with van der Waals surface area (Å²) in [6, 6.07) is 0.431. The highest BCUT2D eigenvalue weighted by Crippen LogP contribution is 2.10. The van der Waals surface area contributed by atoms with Crippen molar-refractivity contribution < 1.29 is 9.53 Å². The zero-order valence-corrected chi connectivity index (χ0v) is 18.0. The fraction of sp³-hybridized carbons (Fsp3) is 0.882. The number of ether oxygens (including phenoxy) is 1. The van der Waals surface area contributed by atoms with Crippen LogP contribution in [0.4, 0.5) is 0 Å². The first-order valence-electron chi connectivity index (χ1n) is 8.47. The molecule has 0 aliphatic carbocycles. The zero-order valence-electron chi connectivity index (χ0n) is 15.7. The summed E-state index contributed by atoms with van der Waals surface area (Å²) in [7, 11) is 1.79. The number of carbonyl (C=O) groups is 1. The SMILES string of the molecule is CCC(C)NC(=NC)NCCCCCCC(=O)OC(C)(C)C.I. The van der Waals surface area contributed by atoms with E-state index >= 15 is 0 Å². The first kappa shape index (κ1) is 24.7. The average molecular weight is 441 g/mol. The minimum Gasteiger partial charge on any atom is -0.460 e. The van der Waals surface area contributed by atoms with Crippen LogP contribution in [0.25, 0.3) is 0 Å². The summed E-state index contributed by atoms with van der Waals surface area (Å²) in [6.07, 6.45) is 5.73. The molecule has 0 spiro atoms. The van der Waals surface area contributed by atoms with Crippen molar-refractivity contribution in [2.24, 2.45) is 4.99 Å². The maximum atomic E-state index is 11.5. The van der Waals surface area contributed by atoms with Gasteiger partial charge < -0.3 is 15.4 Å². The quantitative estimate of drug-likeness (QED) is 0.188. The molecule has 0 heterocycles. The first-order valence-corrected chi connectivity index (χ1v) is 8.47. The fourth-order valence-corrected chi connectivity index (χ4v) is 1.88. The number of aliphatic imine (C=N–C) groups is 1. The molecule has 0 bridgehead atoms. The number of esters is 1. The standard InChI is InChI=1S/C17H35N3O2.HI/c1-7-14(2)20-16(18-6)19-13-11-9-8-10-12-15(21)22-17(3,4)5;/h14H,7-13H2,1-6H3,(H2,18,19,20);1H. The lowest BCUT2D eigenvalue weighted by Gasteiger charge is -2.19. The third-order valence-electron chi connectivity index (χ3n) is 3.24. The van der Waals surface area contributed by atoms with Gasteiger partial charge in [0, 0.05) is 26.1 Å². The summed E-state index contributed by atoms with van der Waals surface area (Å²) < 4.78 is 5.28. The largest absolute Gasteiger partial charge is 0.460 e. The number of rotatable bonds is 9. The van der Waals surface area contributed by atoms with Gasteiger partial charge in [-0.15, -0.1) is 24.0 Å². The van der Waals surface area contributed by atoms with Gasteiger partial charge in [0.2, 0.25) is 0 Å². The van der Waals surface area contributed by atoms with Crippen LogP contribution in [0.15, 0.2) is 4.99 Å². The maximum Gasteiger partial charge on any atom is 0.306 e. The van der Waals surface area contributed by atoms with E-state index in [1.165, 1.54) is 0 Å². The van der Waals surface area contributed by atoms with Crippen LogP contribution in [-0.2, 0) is 9.53 Å². The van der Waals surface area contributed by atoms with Gasteiger partial charge in [0.15, 0.2) is 5.96 Å². The molecule has 0 saturated heterocycles.